The molecule has 1 saturated carbocycles. The average Bonchev–Trinajstić information content (AvgIpc) is 3.10. The molecule has 0 radical (unpaired) electrons. The van der Waals surface area contributed by atoms with Crippen molar-refractivity contribution in [3.8, 4) is 0 Å². The largest absolute Gasteiger partial charge is 0.359 e. The van der Waals surface area contributed by atoms with Crippen LogP contribution in [0.25, 0.3) is 21.4 Å². The van der Waals surface area contributed by atoms with Crippen molar-refractivity contribution in [3.63, 3.8) is 0 Å². The highest BCUT2D eigenvalue weighted by atomic mass is 32.1. The lowest BCUT2D eigenvalue weighted by Crippen LogP contribution is -2.40. The number of para-hydroxylation sites is 1. The molecule has 6 nitrogen and oxygen atoms in total. The highest BCUT2D eigenvalue weighted by Gasteiger charge is 2.33. The number of pyridine rings is 1. The summed E-state index contributed by atoms with van der Waals surface area (Å²) < 4.78 is 2.97. The highest BCUT2D eigenvalue weighted by molar-refractivity contribution is 7.22. The van der Waals surface area contributed by atoms with Gasteiger partial charge in [-0.2, -0.15) is 0 Å². The predicted octanol–water partition coefficient (Wildman–Crippen LogP) is 3.15. The van der Waals surface area contributed by atoms with Crippen molar-refractivity contribution in [3.05, 3.63) is 53.1 Å². The molecule has 0 spiro atoms. The van der Waals surface area contributed by atoms with E-state index in [2.05, 4.69) is 26.3 Å². The van der Waals surface area contributed by atoms with E-state index in [4.69, 9.17) is 0 Å². The summed E-state index contributed by atoms with van der Waals surface area (Å²) >= 11 is 1.67. The van der Waals surface area contributed by atoms with Gasteiger partial charge in [0.05, 0.1) is 15.7 Å². The lowest BCUT2D eigenvalue weighted by Gasteiger charge is -2.36. The van der Waals surface area contributed by atoms with E-state index in [-0.39, 0.29) is 11.7 Å². The topological polar surface area (TPSA) is 75.6 Å². The second kappa shape index (κ2) is 5.17. The van der Waals surface area contributed by atoms with Gasteiger partial charge in [-0.15, -0.1) is 0 Å². The molecule has 120 valence electrons. The quantitative estimate of drug-likeness (QED) is 0.602. The van der Waals surface area contributed by atoms with Crippen LogP contribution in [0.5, 0.6) is 0 Å². The molecule has 3 aromatic heterocycles. The molecule has 7 heteroatoms. The minimum absolute atomic E-state index is 0.0767. The fourth-order valence-electron chi connectivity index (χ4n) is 3.32. The Labute approximate surface area is 141 Å². The van der Waals surface area contributed by atoms with Gasteiger partial charge in [-0.05, 0) is 37.1 Å². The molecule has 3 heterocycles. The Bertz CT molecular complexity index is 1060. The van der Waals surface area contributed by atoms with Crippen LogP contribution < -0.4 is 11.0 Å². The monoisotopic (exact) mass is 337 g/mol. The van der Waals surface area contributed by atoms with Crippen LogP contribution in [0.1, 0.15) is 18.9 Å². The second-order valence-corrected chi connectivity index (χ2v) is 7.16. The fourth-order valence-corrected chi connectivity index (χ4v) is 4.26. The lowest BCUT2D eigenvalue weighted by molar-refractivity contribution is 0.282. The van der Waals surface area contributed by atoms with Gasteiger partial charge in [-0.1, -0.05) is 23.5 Å². The van der Waals surface area contributed by atoms with Crippen LogP contribution in [0.4, 0.5) is 5.13 Å². The maximum atomic E-state index is 12.2. The summed E-state index contributed by atoms with van der Waals surface area (Å²) in [7, 11) is 0. The van der Waals surface area contributed by atoms with Gasteiger partial charge in [0.25, 0.3) is 0 Å². The Morgan fingerprint density at radius 1 is 1.21 bits per heavy atom. The van der Waals surface area contributed by atoms with Crippen molar-refractivity contribution < 1.29 is 0 Å². The van der Waals surface area contributed by atoms with E-state index in [1.54, 1.807) is 22.1 Å². The predicted molar refractivity (Wildman–Crippen MR) is 95.7 cm³/mol. The number of rotatable bonds is 3. The maximum Gasteiger partial charge on any atom is 0.327 e. The van der Waals surface area contributed by atoms with E-state index in [0.29, 0.717) is 6.04 Å². The van der Waals surface area contributed by atoms with E-state index in [1.165, 1.54) is 4.70 Å². The van der Waals surface area contributed by atoms with Crippen LogP contribution in [0.2, 0.25) is 0 Å². The van der Waals surface area contributed by atoms with E-state index in [0.717, 1.165) is 34.7 Å². The number of anilines is 1. The first-order valence-electron chi connectivity index (χ1n) is 7.95. The van der Waals surface area contributed by atoms with Crippen LogP contribution in [0, 0.1) is 0 Å². The molecule has 4 aromatic rings. The first-order chi connectivity index (χ1) is 11.8. The lowest BCUT2D eigenvalue weighted by atomic mass is 9.86. The number of aromatic nitrogens is 4. The summed E-state index contributed by atoms with van der Waals surface area (Å²) in [5, 5.41) is 4.44. The molecular weight excluding hydrogens is 322 g/mol. The molecule has 0 saturated heterocycles. The normalized spacial score (nSPS) is 20.3. The molecule has 0 unspecified atom stereocenters. The van der Waals surface area contributed by atoms with Crippen LogP contribution in [-0.4, -0.2) is 25.6 Å². The Balaban J connectivity index is 1.34. The van der Waals surface area contributed by atoms with Crippen LogP contribution in [0.15, 0.2) is 47.4 Å². The third-order valence-electron chi connectivity index (χ3n) is 4.58. The zero-order valence-corrected chi connectivity index (χ0v) is 13.6. The Kier molecular flexibility index (Phi) is 2.96. The zero-order valence-electron chi connectivity index (χ0n) is 12.8. The maximum absolute atomic E-state index is 12.2. The number of thiazole rings is 1. The van der Waals surface area contributed by atoms with E-state index in [1.807, 2.05) is 30.3 Å². The number of hydrogen-bond donors (Lipinski definition) is 2. The van der Waals surface area contributed by atoms with Gasteiger partial charge in [0.15, 0.2) is 10.8 Å². The molecule has 2 N–H and O–H groups in total. The number of benzene rings is 1. The van der Waals surface area contributed by atoms with Crippen molar-refractivity contribution in [2.75, 3.05) is 5.32 Å². The van der Waals surface area contributed by atoms with Gasteiger partial charge < -0.3 is 10.3 Å². The number of H-pyrrole nitrogens is 1. The Hall–Kier alpha value is -2.67. The van der Waals surface area contributed by atoms with Crippen LogP contribution >= 0.6 is 11.3 Å². The molecule has 1 aromatic carbocycles. The molecule has 0 atom stereocenters. The molecular formula is C17H15N5OS. The molecule has 1 fully saturated rings. The smallest absolute Gasteiger partial charge is 0.327 e. The van der Waals surface area contributed by atoms with E-state index in [9.17, 15) is 4.79 Å². The van der Waals surface area contributed by atoms with Crippen molar-refractivity contribution in [1.29, 1.82) is 0 Å². The third-order valence-corrected chi connectivity index (χ3v) is 5.54. The highest BCUT2D eigenvalue weighted by Crippen LogP contribution is 2.36. The van der Waals surface area contributed by atoms with Crippen molar-refractivity contribution in [2.24, 2.45) is 0 Å². The van der Waals surface area contributed by atoms with E-state index >= 15 is 0 Å². The molecule has 0 aliphatic heterocycles. The number of aromatic amines is 1. The van der Waals surface area contributed by atoms with Crippen molar-refractivity contribution in [1.82, 2.24) is 19.5 Å². The molecule has 1 aliphatic rings. The average molecular weight is 337 g/mol. The van der Waals surface area contributed by atoms with Gasteiger partial charge in [0.2, 0.25) is 0 Å². The van der Waals surface area contributed by atoms with Gasteiger partial charge in [-0.3, -0.25) is 4.57 Å². The SMILES string of the molecule is O=c1[nH]c2cccnc2n1[C@H]1C[C@@H](Nc2nc3ccccc3s2)C1. The molecule has 24 heavy (non-hydrogen) atoms. The van der Waals surface area contributed by atoms with Crippen molar-refractivity contribution in [2.45, 2.75) is 24.9 Å². The van der Waals surface area contributed by atoms with Crippen LogP contribution in [0.3, 0.4) is 0 Å². The summed E-state index contributed by atoms with van der Waals surface area (Å²) in [6, 6.07) is 12.4. The standard InChI is InChI=1S/C17H15N5OS/c23-17-21-13-5-3-7-18-15(13)22(17)11-8-10(9-11)19-16-20-12-4-1-2-6-14(12)24-16/h1-7,10-11H,8-9H2,(H,19,20)(H,21,23)/t10-,11+. The van der Waals surface area contributed by atoms with Gasteiger partial charge in [-0.25, -0.2) is 14.8 Å². The number of fused-ring (bicyclic) bond motifs is 2. The third kappa shape index (κ3) is 2.12. The minimum atomic E-state index is -0.0767. The number of hydrogen-bond acceptors (Lipinski definition) is 5. The van der Waals surface area contributed by atoms with E-state index < -0.39 is 0 Å². The number of nitrogens with zero attached hydrogens (tertiary/aromatic N) is 3. The summed E-state index contributed by atoms with van der Waals surface area (Å²) in [5.74, 6) is 0. The summed E-state index contributed by atoms with van der Waals surface area (Å²) in [6.45, 7) is 0. The molecule has 1 aliphatic carbocycles. The molecule has 5 rings (SSSR count). The van der Waals surface area contributed by atoms with Gasteiger partial charge >= 0.3 is 5.69 Å². The number of nitrogens with one attached hydrogen (secondary N) is 2. The number of imidazole rings is 1. The minimum Gasteiger partial charge on any atom is -0.359 e. The molecule has 0 amide bonds. The Morgan fingerprint density at radius 2 is 2.08 bits per heavy atom. The fraction of sp³-hybridized carbons (Fsp3) is 0.235. The van der Waals surface area contributed by atoms with Gasteiger partial charge in [0.1, 0.15) is 0 Å². The summed E-state index contributed by atoms with van der Waals surface area (Å²) in [6.07, 6.45) is 3.53. The van der Waals surface area contributed by atoms with Gasteiger partial charge in [0, 0.05) is 18.3 Å². The first-order valence-corrected chi connectivity index (χ1v) is 8.77. The first kappa shape index (κ1) is 13.7. The summed E-state index contributed by atoms with van der Waals surface area (Å²) in [4.78, 5) is 24.0. The second-order valence-electron chi connectivity index (χ2n) is 6.13. The van der Waals surface area contributed by atoms with Crippen LogP contribution in [-0.2, 0) is 0 Å². The Morgan fingerprint density at radius 3 is 2.96 bits per heavy atom. The molecule has 0 bridgehead atoms. The zero-order chi connectivity index (χ0) is 16.1. The van der Waals surface area contributed by atoms with Crippen molar-refractivity contribution >= 4 is 37.8 Å². The summed E-state index contributed by atoms with van der Waals surface area (Å²) in [5.41, 5.74) is 2.49.